The van der Waals surface area contributed by atoms with Crippen molar-refractivity contribution >= 4 is 5.91 Å². The van der Waals surface area contributed by atoms with Crippen LogP contribution in [-0.4, -0.2) is 25.7 Å². The van der Waals surface area contributed by atoms with Crippen LogP contribution in [0.25, 0.3) is 0 Å². The van der Waals surface area contributed by atoms with Crippen LogP contribution in [0.15, 0.2) is 0 Å². The molecule has 0 aromatic heterocycles. The van der Waals surface area contributed by atoms with E-state index >= 15 is 0 Å². The molecule has 0 bridgehead atoms. The first-order chi connectivity index (χ1) is 7.58. The van der Waals surface area contributed by atoms with Gasteiger partial charge in [-0.3, -0.25) is 4.79 Å². The molecule has 1 saturated carbocycles. The number of carbonyl (C=O) groups excluding carboxylic acids is 1. The van der Waals surface area contributed by atoms with E-state index in [0.29, 0.717) is 24.3 Å². The minimum Gasteiger partial charge on any atom is -0.384 e. The van der Waals surface area contributed by atoms with Gasteiger partial charge in [0, 0.05) is 25.0 Å². The van der Waals surface area contributed by atoms with Crippen LogP contribution in [0.3, 0.4) is 0 Å². The minimum absolute atomic E-state index is 0.0934. The van der Waals surface area contributed by atoms with E-state index in [1.807, 2.05) is 0 Å². The Balaban J connectivity index is 2.15. The first-order valence-electron chi connectivity index (χ1n) is 6.37. The van der Waals surface area contributed by atoms with E-state index in [1.54, 1.807) is 7.11 Å². The summed E-state index contributed by atoms with van der Waals surface area (Å²) >= 11 is 0. The molecule has 1 saturated heterocycles. The van der Waals surface area contributed by atoms with Gasteiger partial charge in [0.25, 0.3) is 0 Å². The van der Waals surface area contributed by atoms with Crippen molar-refractivity contribution in [1.29, 1.82) is 0 Å². The van der Waals surface area contributed by atoms with Gasteiger partial charge in [-0.1, -0.05) is 13.8 Å². The molecular formula is C13H23NO2. The highest BCUT2D eigenvalue weighted by molar-refractivity contribution is 5.80. The fraction of sp³-hybridized carbons (Fsp3) is 0.923. The third-order valence-corrected chi connectivity index (χ3v) is 4.03. The first kappa shape index (κ1) is 11.9. The minimum atomic E-state index is 0.0934. The number of amides is 1. The zero-order valence-corrected chi connectivity index (χ0v) is 10.6. The lowest BCUT2D eigenvalue weighted by Gasteiger charge is -2.34. The van der Waals surface area contributed by atoms with E-state index < -0.39 is 0 Å². The lowest BCUT2D eigenvalue weighted by molar-refractivity contribution is -0.120. The summed E-state index contributed by atoms with van der Waals surface area (Å²) in [6.45, 7) is 5.16. The molecule has 1 aliphatic carbocycles. The summed E-state index contributed by atoms with van der Waals surface area (Å²) in [5.41, 5.74) is 0.0934. The van der Waals surface area contributed by atoms with Crippen LogP contribution in [0.2, 0.25) is 0 Å². The fourth-order valence-corrected chi connectivity index (χ4v) is 3.20. The fourth-order valence-electron chi connectivity index (χ4n) is 3.20. The molecule has 0 aromatic carbocycles. The van der Waals surface area contributed by atoms with Gasteiger partial charge in [0.15, 0.2) is 0 Å². The molecule has 0 aromatic rings. The van der Waals surface area contributed by atoms with E-state index in [4.69, 9.17) is 4.74 Å². The summed E-state index contributed by atoms with van der Waals surface area (Å²) in [6, 6.07) is 0.326. The van der Waals surface area contributed by atoms with E-state index in [-0.39, 0.29) is 11.3 Å². The monoisotopic (exact) mass is 225 g/mol. The molecule has 3 nitrogen and oxygen atoms in total. The molecule has 2 unspecified atom stereocenters. The number of methoxy groups -OCH3 is 1. The second-order valence-electron chi connectivity index (χ2n) is 5.87. The third-order valence-electron chi connectivity index (χ3n) is 4.03. The normalized spacial score (nSPS) is 34.5. The summed E-state index contributed by atoms with van der Waals surface area (Å²) in [5, 5.41) is 3.16. The molecule has 16 heavy (non-hydrogen) atoms. The number of ether oxygens (including phenoxy) is 1. The standard InChI is InChI=1S/C13H23NO2/c1-9(2)6-11-13(8-16-3,10-4-5-10)7-12(15)14-11/h9-11H,4-8H2,1-3H3,(H,14,15). The van der Waals surface area contributed by atoms with Crippen molar-refractivity contribution in [2.45, 2.75) is 45.6 Å². The van der Waals surface area contributed by atoms with E-state index in [2.05, 4.69) is 19.2 Å². The van der Waals surface area contributed by atoms with Gasteiger partial charge in [0.2, 0.25) is 5.91 Å². The number of hydrogen-bond donors (Lipinski definition) is 1. The molecule has 2 atom stereocenters. The Morgan fingerprint density at radius 2 is 2.19 bits per heavy atom. The van der Waals surface area contributed by atoms with E-state index in [1.165, 1.54) is 12.8 Å². The van der Waals surface area contributed by atoms with Gasteiger partial charge in [0.1, 0.15) is 0 Å². The van der Waals surface area contributed by atoms with Crippen molar-refractivity contribution in [3.05, 3.63) is 0 Å². The second-order valence-corrected chi connectivity index (χ2v) is 5.87. The van der Waals surface area contributed by atoms with Crippen molar-refractivity contribution < 1.29 is 9.53 Å². The number of carbonyl (C=O) groups is 1. The predicted molar refractivity (Wildman–Crippen MR) is 63.0 cm³/mol. The molecule has 1 amide bonds. The largest absolute Gasteiger partial charge is 0.384 e. The van der Waals surface area contributed by atoms with Gasteiger partial charge in [0.05, 0.1) is 6.61 Å². The molecule has 2 rings (SSSR count). The lowest BCUT2D eigenvalue weighted by atomic mass is 9.74. The Labute approximate surface area is 97.9 Å². The van der Waals surface area contributed by atoms with Gasteiger partial charge >= 0.3 is 0 Å². The number of nitrogens with one attached hydrogen (secondary N) is 1. The molecule has 1 aliphatic heterocycles. The molecule has 2 aliphatic rings. The van der Waals surface area contributed by atoms with E-state index in [0.717, 1.165) is 13.0 Å². The van der Waals surface area contributed by atoms with Crippen LogP contribution in [0, 0.1) is 17.3 Å². The Morgan fingerprint density at radius 3 is 2.69 bits per heavy atom. The molecule has 3 heteroatoms. The summed E-state index contributed by atoms with van der Waals surface area (Å²) in [4.78, 5) is 11.7. The van der Waals surface area contributed by atoms with Crippen LogP contribution in [-0.2, 0) is 9.53 Å². The lowest BCUT2D eigenvalue weighted by Crippen LogP contribution is -2.42. The summed E-state index contributed by atoms with van der Waals surface area (Å²) in [7, 11) is 1.75. The highest BCUT2D eigenvalue weighted by atomic mass is 16.5. The van der Waals surface area contributed by atoms with Crippen LogP contribution in [0.1, 0.15) is 39.5 Å². The van der Waals surface area contributed by atoms with Crippen LogP contribution < -0.4 is 5.32 Å². The smallest absolute Gasteiger partial charge is 0.220 e. The van der Waals surface area contributed by atoms with Gasteiger partial charge < -0.3 is 10.1 Å². The van der Waals surface area contributed by atoms with Gasteiger partial charge in [-0.15, -0.1) is 0 Å². The zero-order valence-electron chi connectivity index (χ0n) is 10.6. The molecule has 1 heterocycles. The zero-order chi connectivity index (χ0) is 11.8. The van der Waals surface area contributed by atoms with Crippen molar-refractivity contribution in [1.82, 2.24) is 5.32 Å². The SMILES string of the molecule is COCC1(C2CC2)CC(=O)NC1CC(C)C. The summed E-state index contributed by atoms with van der Waals surface area (Å²) in [5.74, 6) is 1.54. The second kappa shape index (κ2) is 4.36. The van der Waals surface area contributed by atoms with Gasteiger partial charge in [-0.2, -0.15) is 0 Å². The molecule has 1 N–H and O–H groups in total. The summed E-state index contributed by atoms with van der Waals surface area (Å²) < 4.78 is 5.40. The maximum Gasteiger partial charge on any atom is 0.220 e. The van der Waals surface area contributed by atoms with Crippen LogP contribution in [0.4, 0.5) is 0 Å². The molecule has 92 valence electrons. The van der Waals surface area contributed by atoms with Crippen molar-refractivity contribution in [2.24, 2.45) is 17.3 Å². The molecule has 0 spiro atoms. The summed E-state index contributed by atoms with van der Waals surface area (Å²) in [6.07, 6.45) is 4.29. The topological polar surface area (TPSA) is 38.3 Å². The Bertz CT molecular complexity index is 273. The third kappa shape index (κ3) is 2.10. The Morgan fingerprint density at radius 1 is 1.50 bits per heavy atom. The number of rotatable bonds is 5. The quantitative estimate of drug-likeness (QED) is 0.777. The highest BCUT2D eigenvalue weighted by Gasteiger charge is 2.55. The van der Waals surface area contributed by atoms with Crippen molar-refractivity contribution in [3.63, 3.8) is 0 Å². The van der Waals surface area contributed by atoms with E-state index in [9.17, 15) is 4.79 Å². The Hall–Kier alpha value is -0.570. The maximum absolute atomic E-state index is 11.7. The van der Waals surface area contributed by atoms with Crippen LogP contribution >= 0.6 is 0 Å². The number of hydrogen-bond acceptors (Lipinski definition) is 2. The average Bonchev–Trinajstić information content (AvgIpc) is 2.95. The van der Waals surface area contributed by atoms with Crippen LogP contribution in [0.5, 0.6) is 0 Å². The van der Waals surface area contributed by atoms with Crippen molar-refractivity contribution in [2.75, 3.05) is 13.7 Å². The predicted octanol–water partition coefficient (Wildman–Crippen LogP) is 1.96. The molecule has 0 radical (unpaired) electrons. The highest BCUT2D eigenvalue weighted by Crippen LogP contribution is 2.53. The molecular weight excluding hydrogens is 202 g/mol. The average molecular weight is 225 g/mol. The van der Waals surface area contributed by atoms with Gasteiger partial charge in [-0.25, -0.2) is 0 Å². The maximum atomic E-state index is 11.7. The Kier molecular flexibility index (Phi) is 3.24. The van der Waals surface area contributed by atoms with Gasteiger partial charge in [-0.05, 0) is 31.1 Å². The van der Waals surface area contributed by atoms with Crippen molar-refractivity contribution in [3.8, 4) is 0 Å². The molecule has 2 fully saturated rings. The first-order valence-corrected chi connectivity index (χ1v) is 6.37.